The molecular formula is C9H15N3O6S6. The van der Waals surface area contributed by atoms with Gasteiger partial charge in [-0.2, -0.15) is 37.9 Å². The molecule has 6 N–H and O–H groups in total. The van der Waals surface area contributed by atoms with Crippen molar-refractivity contribution in [3.8, 4) is 0 Å². The smallest absolute Gasteiger partial charge is 0.313 e. The standard InChI is InChI=1S/C3H3N3S3.3C2H4O2S/c7-1-4-2(8)6-3(9)5-1;3*3-2(4)1-5/h(H3,4,5,6,7,8,9);3*5H,1H2,(H,3,4). The van der Waals surface area contributed by atoms with Crippen LogP contribution in [0.2, 0.25) is 0 Å². The quantitative estimate of drug-likeness (QED) is 0.246. The van der Waals surface area contributed by atoms with Gasteiger partial charge in [0.2, 0.25) is 0 Å². The topological polar surface area (TPSA) is 159 Å². The van der Waals surface area contributed by atoms with Gasteiger partial charge in [0.15, 0.2) is 14.3 Å². The van der Waals surface area contributed by atoms with Crippen LogP contribution in [0.5, 0.6) is 0 Å². The molecule has 138 valence electrons. The van der Waals surface area contributed by atoms with Gasteiger partial charge in [-0.15, -0.1) is 0 Å². The molecule has 0 aliphatic rings. The Bertz CT molecular complexity index is 557. The van der Waals surface area contributed by atoms with Gasteiger partial charge in [0.05, 0.1) is 17.3 Å². The first-order valence-electron chi connectivity index (χ1n) is 5.40. The number of carboxylic acid groups (broad SMARTS) is 3. The summed E-state index contributed by atoms with van der Waals surface area (Å²) in [7, 11) is 0. The fourth-order valence-electron chi connectivity index (χ4n) is 0.403. The Balaban J connectivity index is -0.000000259. The van der Waals surface area contributed by atoms with E-state index in [2.05, 4.69) is 52.8 Å². The summed E-state index contributed by atoms with van der Waals surface area (Å²) in [5.74, 6) is -2.89. The molecule has 0 aromatic carbocycles. The maximum Gasteiger partial charge on any atom is 0.313 e. The molecule has 9 nitrogen and oxygen atoms in total. The van der Waals surface area contributed by atoms with Crippen LogP contribution in [-0.4, -0.2) is 65.4 Å². The maximum atomic E-state index is 9.29. The summed E-state index contributed by atoms with van der Waals surface area (Å²) >= 11 is 24.4. The molecule has 0 unspecified atom stereocenters. The Labute approximate surface area is 168 Å². The molecule has 1 aromatic heterocycles. The third-order valence-electron chi connectivity index (χ3n) is 1.09. The van der Waals surface area contributed by atoms with Crippen LogP contribution >= 0.6 is 74.5 Å². The average molecular weight is 454 g/mol. The van der Waals surface area contributed by atoms with Crippen molar-refractivity contribution in [1.29, 1.82) is 0 Å². The van der Waals surface area contributed by atoms with E-state index in [1.807, 2.05) is 0 Å². The van der Waals surface area contributed by atoms with Crippen LogP contribution in [0.4, 0.5) is 0 Å². The molecule has 0 radical (unpaired) electrons. The van der Waals surface area contributed by atoms with Gasteiger partial charge in [0.25, 0.3) is 0 Å². The third-order valence-corrected chi connectivity index (χ3v) is 2.51. The second-order valence-electron chi connectivity index (χ2n) is 3.02. The molecule has 1 aromatic rings. The Kier molecular flexibility index (Phi) is 21.5. The van der Waals surface area contributed by atoms with E-state index in [0.29, 0.717) is 14.3 Å². The zero-order chi connectivity index (χ0) is 19.7. The van der Waals surface area contributed by atoms with Crippen molar-refractivity contribution in [1.82, 2.24) is 15.0 Å². The lowest BCUT2D eigenvalue weighted by Gasteiger charge is -1.84. The van der Waals surface area contributed by atoms with Crippen LogP contribution < -0.4 is 0 Å². The Hall–Kier alpha value is -0.870. The molecule has 0 atom stereocenters. The lowest BCUT2D eigenvalue weighted by molar-refractivity contribution is -0.134. The molecular weight excluding hydrogens is 439 g/mol. The van der Waals surface area contributed by atoms with Crippen LogP contribution in [0.3, 0.4) is 0 Å². The Morgan fingerprint density at radius 3 is 0.875 bits per heavy atom. The first-order chi connectivity index (χ1) is 11.0. The molecule has 0 saturated carbocycles. The molecule has 1 rings (SSSR count). The number of aromatic amines is 3. The first-order valence-corrected chi connectivity index (χ1v) is 8.53. The van der Waals surface area contributed by atoms with E-state index in [0.717, 1.165) is 0 Å². The van der Waals surface area contributed by atoms with Gasteiger partial charge in [-0.25, -0.2) is 0 Å². The molecule has 0 saturated heterocycles. The predicted molar refractivity (Wildman–Crippen MR) is 106 cm³/mol. The summed E-state index contributed by atoms with van der Waals surface area (Å²) in [6, 6.07) is 0. The highest BCUT2D eigenvalue weighted by Crippen LogP contribution is 1.79. The Morgan fingerprint density at radius 1 is 0.667 bits per heavy atom. The SMILES string of the molecule is O=C(O)CS.O=C(O)CS.O=C(O)CS.S=c1[nH]c(=S)[nH]c(=S)[nH]1. The lowest BCUT2D eigenvalue weighted by atomic mass is 10.8. The van der Waals surface area contributed by atoms with Crippen LogP contribution in [0.15, 0.2) is 0 Å². The molecule has 0 bridgehead atoms. The van der Waals surface area contributed by atoms with E-state index < -0.39 is 17.9 Å². The number of rotatable bonds is 3. The second-order valence-corrected chi connectivity index (χ2v) is 5.19. The van der Waals surface area contributed by atoms with Crippen molar-refractivity contribution >= 4 is 92.4 Å². The fraction of sp³-hybridized carbons (Fsp3) is 0.333. The molecule has 15 heteroatoms. The van der Waals surface area contributed by atoms with Gasteiger partial charge in [0, 0.05) is 0 Å². The van der Waals surface area contributed by atoms with E-state index in [-0.39, 0.29) is 17.3 Å². The number of carboxylic acids is 3. The number of H-pyrrole nitrogens is 3. The highest BCUT2D eigenvalue weighted by atomic mass is 32.1. The largest absolute Gasteiger partial charge is 0.481 e. The summed E-state index contributed by atoms with van der Waals surface area (Å²) in [4.78, 5) is 35.9. The summed E-state index contributed by atoms with van der Waals surface area (Å²) in [5.41, 5.74) is 0. The highest BCUT2D eigenvalue weighted by molar-refractivity contribution is 7.81. The monoisotopic (exact) mass is 453 g/mol. The molecule has 0 aliphatic carbocycles. The summed E-state index contributed by atoms with van der Waals surface area (Å²) in [6.45, 7) is 0. The van der Waals surface area contributed by atoms with E-state index in [1.54, 1.807) is 0 Å². The normalized spacial score (nSPS) is 8.12. The van der Waals surface area contributed by atoms with Gasteiger partial charge >= 0.3 is 17.9 Å². The number of hydrogen-bond acceptors (Lipinski definition) is 9. The molecule has 0 fully saturated rings. The van der Waals surface area contributed by atoms with Crippen molar-refractivity contribution < 1.29 is 29.7 Å². The van der Waals surface area contributed by atoms with E-state index in [4.69, 9.17) is 52.0 Å². The molecule has 0 amide bonds. The minimum atomic E-state index is -0.881. The van der Waals surface area contributed by atoms with Crippen LogP contribution in [0.25, 0.3) is 0 Å². The third kappa shape index (κ3) is 29.2. The van der Waals surface area contributed by atoms with Crippen molar-refractivity contribution in [2.75, 3.05) is 17.3 Å². The number of aliphatic carboxylic acids is 3. The zero-order valence-corrected chi connectivity index (χ0v) is 16.9. The maximum absolute atomic E-state index is 9.29. The van der Waals surface area contributed by atoms with Crippen LogP contribution in [0.1, 0.15) is 0 Å². The minimum Gasteiger partial charge on any atom is -0.481 e. The molecule has 24 heavy (non-hydrogen) atoms. The number of aromatic nitrogens is 3. The molecule has 0 spiro atoms. The van der Waals surface area contributed by atoms with Crippen molar-refractivity contribution in [2.24, 2.45) is 0 Å². The Morgan fingerprint density at radius 2 is 0.792 bits per heavy atom. The minimum absolute atomic E-state index is 0.0833. The lowest BCUT2D eigenvalue weighted by Crippen LogP contribution is -1.92. The number of nitrogens with one attached hydrogen (secondary N) is 3. The van der Waals surface area contributed by atoms with Crippen molar-refractivity contribution in [3.63, 3.8) is 0 Å². The fourth-order valence-corrected chi connectivity index (χ4v) is 1.21. The van der Waals surface area contributed by atoms with Gasteiger partial charge < -0.3 is 30.3 Å². The second kappa shape index (κ2) is 18.5. The summed E-state index contributed by atoms with van der Waals surface area (Å²) < 4.78 is 1.34. The number of hydrogen-bond donors (Lipinski definition) is 9. The van der Waals surface area contributed by atoms with Crippen LogP contribution in [0, 0.1) is 14.3 Å². The summed E-state index contributed by atoms with van der Waals surface area (Å²) in [5, 5.41) is 22.9. The van der Waals surface area contributed by atoms with E-state index in [1.165, 1.54) is 0 Å². The van der Waals surface area contributed by atoms with Gasteiger partial charge in [-0.05, 0) is 36.7 Å². The van der Waals surface area contributed by atoms with Crippen LogP contribution in [-0.2, 0) is 14.4 Å². The zero-order valence-electron chi connectivity index (χ0n) is 11.8. The van der Waals surface area contributed by atoms with E-state index in [9.17, 15) is 14.4 Å². The predicted octanol–water partition coefficient (Wildman–Crippen LogP) is 1.86. The summed E-state index contributed by atoms with van der Waals surface area (Å²) in [6.07, 6.45) is 0. The molecule has 0 aliphatic heterocycles. The van der Waals surface area contributed by atoms with E-state index >= 15 is 0 Å². The number of thiol groups is 3. The van der Waals surface area contributed by atoms with Crippen molar-refractivity contribution in [3.05, 3.63) is 14.3 Å². The van der Waals surface area contributed by atoms with Gasteiger partial charge in [-0.3, -0.25) is 14.4 Å². The van der Waals surface area contributed by atoms with Gasteiger partial charge in [-0.1, -0.05) is 0 Å². The average Bonchev–Trinajstić information content (AvgIpc) is 2.47. The number of carbonyl (C=O) groups is 3. The van der Waals surface area contributed by atoms with Gasteiger partial charge in [0.1, 0.15) is 0 Å². The highest BCUT2D eigenvalue weighted by Gasteiger charge is 1.82. The first kappa shape index (κ1) is 28.0. The van der Waals surface area contributed by atoms with Crippen molar-refractivity contribution in [2.45, 2.75) is 0 Å². The molecule has 1 heterocycles.